The maximum atomic E-state index is 11.5. The summed E-state index contributed by atoms with van der Waals surface area (Å²) in [7, 11) is 0. The molecule has 5 nitrogen and oxygen atoms in total. The summed E-state index contributed by atoms with van der Waals surface area (Å²) in [5, 5.41) is 2.34. The third kappa shape index (κ3) is 3.53. The van der Waals surface area contributed by atoms with Gasteiger partial charge in [-0.2, -0.15) is 0 Å². The first-order valence-electron chi connectivity index (χ1n) is 5.40. The number of nitrogens with two attached hydrogens (primary N) is 1. The van der Waals surface area contributed by atoms with Crippen LogP contribution in [-0.2, 0) is 9.59 Å². The topological polar surface area (TPSA) is 75.4 Å². The molecule has 0 aromatic heterocycles. The van der Waals surface area contributed by atoms with E-state index < -0.39 is 0 Å². The first-order chi connectivity index (χ1) is 7.54. The Morgan fingerprint density at radius 2 is 2.31 bits per heavy atom. The number of nitrogens with one attached hydrogen (secondary N) is 1. The lowest BCUT2D eigenvalue weighted by Gasteiger charge is -2.33. The van der Waals surface area contributed by atoms with Gasteiger partial charge < -0.3 is 5.73 Å². The van der Waals surface area contributed by atoms with Crippen molar-refractivity contribution < 1.29 is 9.59 Å². The Labute approximate surface area is 100 Å². The molecule has 1 atom stereocenters. The van der Waals surface area contributed by atoms with Crippen molar-refractivity contribution in [2.45, 2.75) is 32.2 Å². The maximum Gasteiger partial charge on any atom is 0.243 e. The van der Waals surface area contributed by atoms with E-state index in [2.05, 4.69) is 5.32 Å². The molecule has 90 valence electrons. The molecular weight excluding hydrogens is 226 g/mol. The van der Waals surface area contributed by atoms with Gasteiger partial charge in [-0.25, -0.2) is 0 Å². The molecule has 1 aliphatic rings. The molecule has 0 saturated carbocycles. The predicted octanol–water partition coefficient (Wildman–Crippen LogP) is -0.210. The number of carbonyl (C=O) groups excluding carboxylic acids is 2. The molecule has 1 rings (SSSR count). The summed E-state index contributed by atoms with van der Waals surface area (Å²) in [6.45, 7) is 2.89. The number of hydrogen-bond donors (Lipinski definition) is 2. The third-order valence-corrected chi connectivity index (χ3v) is 2.81. The SMILES string of the molecule is CCC1C(=O)NC(=O)CN1CCCC(N)=S. The number of thiocarbonyl (C=S) groups is 1. The first kappa shape index (κ1) is 13.1. The van der Waals surface area contributed by atoms with Crippen molar-refractivity contribution in [3.05, 3.63) is 0 Å². The van der Waals surface area contributed by atoms with Gasteiger partial charge in [0.2, 0.25) is 11.8 Å². The van der Waals surface area contributed by atoms with Crippen LogP contribution in [0.1, 0.15) is 26.2 Å². The van der Waals surface area contributed by atoms with Crippen molar-refractivity contribution in [3.8, 4) is 0 Å². The molecule has 1 fully saturated rings. The summed E-state index contributed by atoms with van der Waals surface area (Å²) in [6.07, 6.45) is 2.14. The van der Waals surface area contributed by atoms with E-state index in [1.807, 2.05) is 11.8 Å². The van der Waals surface area contributed by atoms with Crippen LogP contribution < -0.4 is 11.1 Å². The fourth-order valence-electron chi connectivity index (χ4n) is 1.86. The van der Waals surface area contributed by atoms with Crippen LogP contribution in [-0.4, -0.2) is 40.8 Å². The molecule has 1 heterocycles. The molecule has 3 N–H and O–H groups in total. The Morgan fingerprint density at radius 3 is 2.88 bits per heavy atom. The highest BCUT2D eigenvalue weighted by Crippen LogP contribution is 2.10. The molecule has 1 aliphatic heterocycles. The number of amides is 2. The summed E-state index contributed by atoms with van der Waals surface area (Å²) in [4.78, 5) is 25.1. The quantitative estimate of drug-likeness (QED) is 0.516. The number of rotatable bonds is 5. The largest absolute Gasteiger partial charge is 0.393 e. The first-order valence-corrected chi connectivity index (χ1v) is 5.81. The second-order valence-corrected chi connectivity index (χ2v) is 4.40. The molecule has 0 bridgehead atoms. The van der Waals surface area contributed by atoms with Crippen molar-refractivity contribution in [2.75, 3.05) is 13.1 Å². The second kappa shape index (κ2) is 5.91. The molecule has 0 radical (unpaired) electrons. The van der Waals surface area contributed by atoms with Gasteiger partial charge >= 0.3 is 0 Å². The van der Waals surface area contributed by atoms with Gasteiger partial charge in [-0.3, -0.25) is 19.8 Å². The molecule has 2 amide bonds. The van der Waals surface area contributed by atoms with Gasteiger partial charge in [0.15, 0.2) is 0 Å². The number of piperazine rings is 1. The van der Waals surface area contributed by atoms with Crippen molar-refractivity contribution in [3.63, 3.8) is 0 Å². The monoisotopic (exact) mass is 243 g/mol. The molecule has 1 unspecified atom stereocenters. The fraction of sp³-hybridized carbons (Fsp3) is 0.700. The van der Waals surface area contributed by atoms with Gasteiger partial charge in [0.25, 0.3) is 0 Å². The lowest BCUT2D eigenvalue weighted by molar-refractivity contribution is -0.140. The lowest BCUT2D eigenvalue weighted by Crippen LogP contribution is -2.57. The number of carbonyl (C=O) groups is 2. The number of nitrogens with zero attached hydrogens (tertiary/aromatic N) is 1. The van der Waals surface area contributed by atoms with Crippen LogP contribution in [0, 0.1) is 0 Å². The molecule has 1 saturated heterocycles. The van der Waals surface area contributed by atoms with E-state index in [0.717, 1.165) is 6.42 Å². The van der Waals surface area contributed by atoms with E-state index in [1.54, 1.807) is 0 Å². The minimum absolute atomic E-state index is 0.200. The van der Waals surface area contributed by atoms with Gasteiger partial charge in [0, 0.05) is 0 Å². The summed E-state index contributed by atoms with van der Waals surface area (Å²) in [6, 6.07) is -0.205. The van der Waals surface area contributed by atoms with Crippen molar-refractivity contribution in [1.82, 2.24) is 10.2 Å². The number of imide groups is 1. The van der Waals surface area contributed by atoms with E-state index in [0.29, 0.717) is 24.4 Å². The van der Waals surface area contributed by atoms with Crippen molar-refractivity contribution in [1.29, 1.82) is 0 Å². The zero-order chi connectivity index (χ0) is 12.1. The molecule has 0 aromatic carbocycles. The highest BCUT2D eigenvalue weighted by atomic mass is 32.1. The summed E-state index contributed by atoms with van der Waals surface area (Å²) < 4.78 is 0. The van der Waals surface area contributed by atoms with Crippen LogP contribution >= 0.6 is 12.2 Å². The Bertz CT molecular complexity index is 306. The van der Waals surface area contributed by atoms with Gasteiger partial charge in [-0.15, -0.1) is 0 Å². The molecule has 0 spiro atoms. The standard InChI is InChI=1S/C10H17N3O2S/c1-2-7-10(15)12-9(14)6-13(7)5-3-4-8(11)16/h7H,2-6H2,1H3,(H2,11,16)(H,12,14,15). The molecule has 0 aromatic rings. The molecular formula is C10H17N3O2S. The van der Waals surface area contributed by atoms with Gasteiger partial charge in [-0.05, 0) is 25.8 Å². The highest BCUT2D eigenvalue weighted by Gasteiger charge is 2.31. The van der Waals surface area contributed by atoms with Gasteiger partial charge in [0.05, 0.1) is 17.6 Å². The average Bonchev–Trinajstić information content (AvgIpc) is 2.16. The van der Waals surface area contributed by atoms with E-state index in [-0.39, 0.29) is 24.4 Å². The maximum absolute atomic E-state index is 11.5. The lowest BCUT2D eigenvalue weighted by atomic mass is 10.1. The highest BCUT2D eigenvalue weighted by molar-refractivity contribution is 7.80. The minimum Gasteiger partial charge on any atom is -0.393 e. The van der Waals surface area contributed by atoms with Crippen LogP contribution in [0.2, 0.25) is 0 Å². The molecule has 6 heteroatoms. The van der Waals surface area contributed by atoms with Crippen molar-refractivity contribution in [2.24, 2.45) is 5.73 Å². The Balaban J connectivity index is 2.50. The van der Waals surface area contributed by atoms with Crippen LogP contribution in [0.25, 0.3) is 0 Å². The summed E-state index contributed by atoms with van der Waals surface area (Å²) in [5.74, 6) is -0.431. The fourth-order valence-corrected chi connectivity index (χ4v) is 2.00. The van der Waals surface area contributed by atoms with Crippen molar-refractivity contribution >= 4 is 29.0 Å². The summed E-state index contributed by atoms with van der Waals surface area (Å²) >= 11 is 4.78. The smallest absolute Gasteiger partial charge is 0.243 e. The van der Waals surface area contributed by atoms with Crippen LogP contribution in [0.4, 0.5) is 0 Å². The average molecular weight is 243 g/mol. The minimum atomic E-state index is -0.231. The second-order valence-electron chi connectivity index (χ2n) is 3.88. The van der Waals surface area contributed by atoms with Crippen LogP contribution in [0.3, 0.4) is 0 Å². The summed E-state index contributed by atoms with van der Waals surface area (Å²) in [5.41, 5.74) is 5.40. The zero-order valence-corrected chi connectivity index (χ0v) is 10.2. The van der Waals surface area contributed by atoms with E-state index in [9.17, 15) is 9.59 Å². The van der Waals surface area contributed by atoms with E-state index in [4.69, 9.17) is 18.0 Å². The van der Waals surface area contributed by atoms with Crippen LogP contribution in [0.15, 0.2) is 0 Å². The van der Waals surface area contributed by atoms with Gasteiger partial charge in [0.1, 0.15) is 0 Å². The Morgan fingerprint density at radius 1 is 1.62 bits per heavy atom. The van der Waals surface area contributed by atoms with Crippen LogP contribution in [0.5, 0.6) is 0 Å². The van der Waals surface area contributed by atoms with Gasteiger partial charge in [-0.1, -0.05) is 19.1 Å². The molecule has 0 aliphatic carbocycles. The van der Waals surface area contributed by atoms with E-state index in [1.165, 1.54) is 0 Å². The van der Waals surface area contributed by atoms with E-state index >= 15 is 0 Å². The zero-order valence-electron chi connectivity index (χ0n) is 9.36. The number of hydrogen-bond acceptors (Lipinski definition) is 4. The Kier molecular flexibility index (Phi) is 4.82. The Hall–Kier alpha value is -1.01. The third-order valence-electron chi connectivity index (χ3n) is 2.61. The molecule has 16 heavy (non-hydrogen) atoms. The normalized spacial score (nSPS) is 21.9. The predicted molar refractivity (Wildman–Crippen MR) is 64.8 cm³/mol.